The third-order valence-corrected chi connectivity index (χ3v) is 9.42. The number of hydrogen-bond donors (Lipinski definition) is 9. The zero-order valence-electron chi connectivity index (χ0n) is 30.8. The molecule has 4 atom stereocenters. The van der Waals surface area contributed by atoms with Gasteiger partial charge in [0.2, 0.25) is 0 Å². The van der Waals surface area contributed by atoms with Gasteiger partial charge < -0.3 is 47.8 Å². The molecule has 1 aromatic heterocycles. The van der Waals surface area contributed by atoms with Crippen molar-refractivity contribution in [2.75, 3.05) is 63.9 Å². The van der Waals surface area contributed by atoms with E-state index in [2.05, 4.69) is 51.9 Å². The normalized spacial score (nSPS) is 13.7. The number of aliphatic hydroxyl groups excluding tert-OH is 4. The van der Waals surface area contributed by atoms with Crippen LogP contribution < -0.4 is 27.4 Å². The molecular formula is C38H57ClN8O6. The number of carbonyl (C=O) groups excluding carboxylic acids is 2. The fourth-order valence-corrected chi connectivity index (χ4v) is 6.01. The van der Waals surface area contributed by atoms with Crippen molar-refractivity contribution in [1.29, 1.82) is 0 Å². The maximum atomic E-state index is 12.9. The largest absolute Gasteiger partial charge is 0.394 e. The molecule has 2 aromatic carbocycles. The molecule has 0 bridgehead atoms. The Morgan fingerprint density at radius 2 is 1.60 bits per heavy atom. The number of amides is 2. The van der Waals surface area contributed by atoms with Gasteiger partial charge in [-0.25, -0.2) is 9.97 Å². The van der Waals surface area contributed by atoms with Crippen LogP contribution >= 0.6 is 11.6 Å². The minimum atomic E-state index is -1.47. The van der Waals surface area contributed by atoms with Gasteiger partial charge in [0, 0.05) is 31.7 Å². The zero-order valence-corrected chi connectivity index (χ0v) is 31.6. The van der Waals surface area contributed by atoms with Crippen LogP contribution in [-0.2, 0) is 12.8 Å². The molecule has 15 heteroatoms. The maximum absolute atomic E-state index is 12.9. The van der Waals surface area contributed by atoms with Crippen LogP contribution in [0.25, 0.3) is 0 Å². The predicted molar refractivity (Wildman–Crippen MR) is 208 cm³/mol. The fourth-order valence-electron chi connectivity index (χ4n) is 5.88. The number of aryl methyl sites for hydroxylation is 1. The zero-order chi connectivity index (χ0) is 38.8. The highest BCUT2D eigenvalue weighted by atomic mass is 35.5. The van der Waals surface area contributed by atoms with Crippen LogP contribution in [0, 0.1) is 12.8 Å². The molecule has 14 nitrogen and oxygen atoms in total. The molecule has 292 valence electrons. The average Bonchev–Trinajstić information content (AvgIpc) is 3.15. The number of aliphatic hydroxyl groups is 4. The Hall–Kier alpha value is -3.89. The third kappa shape index (κ3) is 14.8. The number of rotatable bonds is 24. The summed E-state index contributed by atoms with van der Waals surface area (Å²) in [5.74, 6) is -0.776. The number of aromatic nitrogens is 2. The Morgan fingerprint density at radius 3 is 2.30 bits per heavy atom. The molecule has 0 aliphatic rings. The smallest absolute Gasteiger partial charge is 0.273 e. The van der Waals surface area contributed by atoms with Crippen LogP contribution in [0.2, 0.25) is 5.15 Å². The standard InChI is InChI=1S/C38H57ClN8O6/c1-3-4-5-8-18-47(23-30(49)33(51)31(50)24-48)19-17-43-37(52)28-13-11-26(12-14-28)15-16-42-21-27(20-29-10-7-6-9-25(29)2)22-44-38(53)32-35(40)46-36(41)34(39)45-32/h6-7,9-14,27,30-31,33,42,48-51H,3-5,8,15-24H2,1-2H3,(H,43,52)(H,44,53)(H4,40,41,46). The summed E-state index contributed by atoms with van der Waals surface area (Å²) in [4.78, 5) is 35.7. The fraction of sp³-hybridized carbons (Fsp3) is 0.526. The first-order valence-electron chi connectivity index (χ1n) is 18.3. The van der Waals surface area contributed by atoms with Gasteiger partial charge in [-0.3, -0.25) is 14.5 Å². The van der Waals surface area contributed by atoms with Gasteiger partial charge in [0.05, 0.1) is 12.7 Å². The summed E-state index contributed by atoms with van der Waals surface area (Å²) < 4.78 is 0. The average molecular weight is 757 g/mol. The topological polar surface area (TPSA) is 232 Å². The molecule has 3 aromatic rings. The minimum Gasteiger partial charge on any atom is -0.394 e. The van der Waals surface area contributed by atoms with Crippen molar-refractivity contribution in [3.8, 4) is 0 Å². The number of hydrogen-bond acceptors (Lipinski definition) is 12. The van der Waals surface area contributed by atoms with Gasteiger partial charge in [0.25, 0.3) is 11.8 Å². The molecule has 0 aliphatic carbocycles. The van der Waals surface area contributed by atoms with Gasteiger partial charge in [0.1, 0.15) is 12.2 Å². The van der Waals surface area contributed by atoms with Crippen molar-refractivity contribution in [2.45, 2.75) is 70.7 Å². The molecule has 0 saturated carbocycles. The number of nitrogen functional groups attached to an aromatic ring is 2. The van der Waals surface area contributed by atoms with E-state index >= 15 is 0 Å². The Kier molecular flexibility index (Phi) is 18.9. The summed E-state index contributed by atoms with van der Waals surface area (Å²) in [5, 5.41) is 48.6. The SMILES string of the molecule is CCCCCCN(CCNC(=O)c1ccc(CCNCC(CNC(=O)c2nc(Cl)c(N)nc2N)Cc2ccccc2C)cc1)CC(O)C(O)C(O)CO. The Bertz CT molecular complexity index is 1570. The van der Waals surface area contributed by atoms with Crippen LogP contribution in [0.4, 0.5) is 11.6 Å². The summed E-state index contributed by atoms with van der Waals surface area (Å²) in [6.07, 6.45) is 1.44. The van der Waals surface area contributed by atoms with E-state index in [-0.39, 0.29) is 40.9 Å². The number of anilines is 2. The van der Waals surface area contributed by atoms with Crippen molar-refractivity contribution in [3.63, 3.8) is 0 Å². The predicted octanol–water partition coefficient (Wildman–Crippen LogP) is 1.71. The van der Waals surface area contributed by atoms with Crippen molar-refractivity contribution in [2.24, 2.45) is 5.92 Å². The van der Waals surface area contributed by atoms with Gasteiger partial charge in [-0.1, -0.05) is 74.2 Å². The van der Waals surface area contributed by atoms with Crippen LogP contribution in [0.1, 0.15) is 70.1 Å². The lowest BCUT2D eigenvalue weighted by Crippen LogP contribution is -2.47. The van der Waals surface area contributed by atoms with Gasteiger partial charge in [-0.05, 0) is 80.6 Å². The number of nitrogens with one attached hydrogen (secondary N) is 3. The van der Waals surface area contributed by atoms with E-state index in [0.717, 1.165) is 44.1 Å². The van der Waals surface area contributed by atoms with Crippen molar-refractivity contribution in [1.82, 2.24) is 30.8 Å². The summed E-state index contributed by atoms with van der Waals surface area (Å²) >= 11 is 5.97. The van der Waals surface area contributed by atoms with Crippen molar-refractivity contribution in [3.05, 3.63) is 81.6 Å². The molecule has 53 heavy (non-hydrogen) atoms. The number of benzene rings is 2. The second kappa shape index (κ2) is 23.0. The summed E-state index contributed by atoms with van der Waals surface area (Å²) in [7, 11) is 0. The molecular weight excluding hydrogens is 700 g/mol. The highest BCUT2D eigenvalue weighted by Crippen LogP contribution is 2.18. The van der Waals surface area contributed by atoms with E-state index in [1.807, 2.05) is 29.2 Å². The first-order valence-corrected chi connectivity index (χ1v) is 18.7. The van der Waals surface area contributed by atoms with E-state index in [1.54, 1.807) is 12.1 Å². The molecule has 1 heterocycles. The number of carbonyl (C=O) groups is 2. The Labute approximate surface area is 317 Å². The van der Waals surface area contributed by atoms with E-state index in [1.165, 1.54) is 11.1 Å². The van der Waals surface area contributed by atoms with Gasteiger partial charge in [0.15, 0.2) is 22.5 Å². The molecule has 0 spiro atoms. The Morgan fingerprint density at radius 1 is 0.868 bits per heavy atom. The number of unbranched alkanes of at least 4 members (excludes halogenated alkanes) is 3. The van der Waals surface area contributed by atoms with Gasteiger partial charge in [-0.2, -0.15) is 0 Å². The van der Waals surface area contributed by atoms with Gasteiger partial charge >= 0.3 is 0 Å². The molecule has 11 N–H and O–H groups in total. The molecule has 2 amide bonds. The third-order valence-electron chi connectivity index (χ3n) is 9.14. The molecule has 0 fully saturated rings. The second-order valence-corrected chi connectivity index (χ2v) is 13.8. The highest BCUT2D eigenvalue weighted by Gasteiger charge is 2.26. The molecule has 3 rings (SSSR count). The number of nitrogens with two attached hydrogens (primary N) is 2. The Balaban J connectivity index is 1.49. The highest BCUT2D eigenvalue weighted by molar-refractivity contribution is 6.31. The maximum Gasteiger partial charge on any atom is 0.273 e. The number of nitrogens with zero attached hydrogens (tertiary/aromatic N) is 3. The second-order valence-electron chi connectivity index (χ2n) is 13.4. The summed E-state index contributed by atoms with van der Waals surface area (Å²) in [6, 6.07) is 15.6. The molecule has 0 aliphatic heterocycles. The lowest BCUT2D eigenvalue weighted by molar-refractivity contribution is -0.0840. The van der Waals surface area contributed by atoms with Crippen LogP contribution in [0.15, 0.2) is 48.5 Å². The van der Waals surface area contributed by atoms with Crippen LogP contribution in [0.5, 0.6) is 0 Å². The van der Waals surface area contributed by atoms with Crippen molar-refractivity contribution >= 4 is 35.1 Å². The molecule has 4 unspecified atom stereocenters. The van der Waals surface area contributed by atoms with Crippen LogP contribution in [0.3, 0.4) is 0 Å². The van der Waals surface area contributed by atoms with Crippen LogP contribution in [-0.4, -0.2) is 118 Å². The van der Waals surface area contributed by atoms with Gasteiger partial charge in [-0.15, -0.1) is 0 Å². The van der Waals surface area contributed by atoms with E-state index in [0.29, 0.717) is 44.8 Å². The quantitative estimate of drug-likeness (QED) is 0.0595. The monoisotopic (exact) mass is 756 g/mol. The number of halogens is 1. The summed E-state index contributed by atoms with van der Waals surface area (Å²) in [6.45, 7) is 6.77. The van der Waals surface area contributed by atoms with E-state index in [4.69, 9.17) is 28.2 Å². The molecule has 0 saturated heterocycles. The minimum absolute atomic E-state index is 0.0404. The van der Waals surface area contributed by atoms with E-state index in [9.17, 15) is 24.9 Å². The van der Waals surface area contributed by atoms with E-state index < -0.39 is 30.8 Å². The lowest BCUT2D eigenvalue weighted by Gasteiger charge is -2.29. The first-order chi connectivity index (χ1) is 25.4. The lowest BCUT2D eigenvalue weighted by atomic mass is 9.95. The molecule has 0 radical (unpaired) electrons. The first kappa shape index (κ1) is 43.5. The summed E-state index contributed by atoms with van der Waals surface area (Å²) in [5.41, 5.74) is 15.4. The van der Waals surface area contributed by atoms with Crippen molar-refractivity contribution < 1.29 is 30.0 Å².